The maximum atomic E-state index is 5.34. The Morgan fingerprint density at radius 2 is 0.292 bits per heavy atom. The van der Waals surface area contributed by atoms with Crippen molar-refractivity contribution >= 4 is 0 Å². The molecular formula is C96H80N24. The molecule has 0 spiro atoms. The third-order valence-electron chi connectivity index (χ3n) is 24.1. The number of nitrogens with one attached hydrogen (secondary N) is 8. The number of aromatic nitrogens is 16. The molecule has 8 N–H and O–H groups in total. The van der Waals surface area contributed by atoms with Crippen molar-refractivity contribution in [1.82, 2.24) is 122 Å². The Balaban J connectivity index is 0.821. The lowest BCUT2D eigenvalue weighted by atomic mass is 9.78. The van der Waals surface area contributed by atoms with Gasteiger partial charge in [-0.15, -0.1) is 0 Å². The summed E-state index contributed by atoms with van der Waals surface area (Å²) in [5, 5.41) is 35.8. The Morgan fingerprint density at radius 1 is 0.133 bits per heavy atom. The Labute approximate surface area is 692 Å². The molecule has 5 saturated heterocycles. The quantitative estimate of drug-likeness (QED) is 0.0446. The summed E-state index contributed by atoms with van der Waals surface area (Å²) >= 11 is 0. The molecular weight excluding hydrogens is 1490 g/mol. The first kappa shape index (κ1) is 73.7. The number of pyridine rings is 16. The smallest absolute Gasteiger partial charge is 0.0888 e. The van der Waals surface area contributed by atoms with Crippen molar-refractivity contribution in [2.45, 2.75) is 96.7 Å². The third kappa shape index (κ3) is 14.7. The van der Waals surface area contributed by atoms with Gasteiger partial charge >= 0.3 is 0 Å². The van der Waals surface area contributed by atoms with Gasteiger partial charge in [-0.25, -0.2) is 0 Å². The second-order valence-electron chi connectivity index (χ2n) is 30.9. The van der Waals surface area contributed by atoms with Gasteiger partial charge in [0.15, 0.2) is 0 Å². The van der Waals surface area contributed by atoms with Crippen LogP contribution in [0, 0.1) is 0 Å². The fourth-order valence-corrected chi connectivity index (χ4v) is 18.9. The summed E-state index contributed by atoms with van der Waals surface area (Å²) in [6, 6.07) is 82.7. The Morgan fingerprint density at radius 3 is 0.450 bits per heavy atom. The number of nitrogens with zero attached hydrogens (tertiary/aromatic N) is 16. The van der Waals surface area contributed by atoms with E-state index in [1.165, 1.54) is 0 Å². The van der Waals surface area contributed by atoms with Crippen LogP contribution in [0.25, 0.3) is 91.1 Å². The minimum Gasteiger partial charge on any atom is -0.285 e. The lowest BCUT2D eigenvalue weighted by Gasteiger charge is -2.33. The van der Waals surface area contributed by atoms with Gasteiger partial charge in [-0.1, -0.05) is 54.6 Å². The first-order chi connectivity index (χ1) is 59.5. The number of hydrogen-bond donors (Lipinski definition) is 8. The van der Waals surface area contributed by atoms with Crippen LogP contribution in [0.2, 0.25) is 0 Å². The van der Waals surface area contributed by atoms with Crippen LogP contribution in [0.3, 0.4) is 0 Å². The highest BCUT2D eigenvalue weighted by molar-refractivity contribution is 5.63. The van der Waals surface area contributed by atoms with Crippen molar-refractivity contribution in [3.8, 4) is 91.1 Å². The summed E-state index contributed by atoms with van der Waals surface area (Å²) in [6.45, 7) is 0. The molecule has 24 nitrogen and oxygen atoms in total. The van der Waals surface area contributed by atoms with E-state index in [2.05, 4.69) is 140 Å². The minimum absolute atomic E-state index is 0.376. The predicted octanol–water partition coefficient (Wildman–Crippen LogP) is 13.3. The predicted molar refractivity (Wildman–Crippen MR) is 457 cm³/mol. The van der Waals surface area contributed by atoms with Gasteiger partial charge in [0.1, 0.15) is 0 Å². The molecule has 5 aliphatic rings. The van der Waals surface area contributed by atoms with Crippen molar-refractivity contribution in [3.05, 3.63) is 386 Å². The standard InChI is InChI=1S/C96H80N24/c1-9-34-97-65(17-1)73-26-25-64(56-112-73)88-87(63-33-48-111-80(55-63)72-24-8-16-41-104-72)95-118-93-84(60-30-45-108-77(52-60)69-21-5-13-38-101-69)83(59-29-44-107-76(51-59)68-20-4-12-37-100-68)91(116-93)114-89-81(57-27-42-105-74(49-57)66-18-2-10-35-98-66)82(58-28-43-106-75(50-58)67-19-3-11-36-99-67)90(113-89)115-92-85(61-31-46-109-78(53-61)70-22-6-14-39-102-70)86(94(117-92)119-96(88)120-95)62-32-47-110-79(54-62)71-23-7-15-40-103-71/h1-56,81-96,113-120H. The fraction of sp³-hybridized carbons (Fsp3) is 0.167. The van der Waals surface area contributed by atoms with Crippen LogP contribution >= 0.6 is 0 Å². The molecule has 21 heterocycles. The zero-order chi connectivity index (χ0) is 79.7. The van der Waals surface area contributed by atoms with Crippen LogP contribution in [0.1, 0.15) is 91.9 Å². The van der Waals surface area contributed by atoms with Gasteiger partial charge < -0.3 is 0 Å². The first-order valence-electron chi connectivity index (χ1n) is 40.5. The zero-order valence-electron chi connectivity index (χ0n) is 64.7. The van der Waals surface area contributed by atoms with Crippen LogP contribution in [-0.4, -0.2) is 129 Å². The fourth-order valence-electron chi connectivity index (χ4n) is 18.9. The molecule has 584 valence electrons. The second kappa shape index (κ2) is 32.9. The average Bonchev–Trinajstić information content (AvgIpc) is 1.58. The van der Waals surface area contributed by atoms with E-state index in [0.717, 1.165) is 136 Å². The van der Waals surface area contributed by atoms with Crippen LogP contribution in [0.4, 0.5) is 0 Å². The van der Waals surface area contributed by atoms with Crippen molar-refractivity contribution in [3.63, 3.8) is 0 Å². The van der Waals surface area contributed by atoms with Gasteiger partial charge in [0.05, 0.1) is 140 Å². The minimum atomic E-state index is -0.541. The SMILES string of the molecule is c1ccc(-c2ccc(C3C4NC(NC5NC(NC6NC(NC7NC(N4)C(c4ccnc(-c8ccccn8)c4)C7c4ccnc(-c7ccccn7)c4)C(c4ccnc(-c7ccccn7)c4)C6c4ccnc(-c6ccccn6)c4)C(c4ccnc(-c6ccccn6)c4)C5c4ccnc(-c5ccccn5)c4)C3c3ccnc(-c4ccccn4)c3)cn2)nc1. The van der Waals surface area contributed by atoms with Crippen molar-refractivity contribution in [1.29, 1.82) is 0 Å². The molecule has 0 amide bonds. The highest BCUT2D eigenvalue weighted by Crippen LogP contribution is 2.52. The van der Waals surface area contributed by atoms with Gasteiger partial charge in [0, 0.05) is 146 Å². The molecule has 0 aromatic carbocycles. The second-order valence-corrected chi connectivity index (χ2v) is 30.9. The summed E-state index contributed by atoms with van der Waals surface area (Å²) in [6.07, 6.45) is 25.7. The summed E-state index contributed by atoms with van der Waals surface area (Å²) in [4.78, 5) is 80.1. The summed E-state index contributed by atoms with van der Waals surface area (Å²) in [5.74, 6) is -3.02. The molecule has 120 heavy (non-hydrogen) atoms. The molecule has 24 heteroatoms. The molecule has 16 aromatic heterocycles. The van der Waals surface area contributed by atoms with Crippen LogP contribution in [0.5, 0.6) is 0 Å². The highest BCUT2D eigenvalue weighted by Gasteiger charge is 2.56. The van der Waals surface area contributed by atoms with Crippen molar-refractivity contribution < 1.29 is 0 Å². The molecule has 0 aliphatic carbocycles. The van der Waals surface area contributed by atoms with E-state index in [4.69, 9.17) is 79.7 Å². The Hall–Kier alpha value is -13.9. The third-order valence-corrected chi connectivity index (χ3v) is 24.1. The number of rotatable bonds is 16. The van der Waals surface area contributed by atoms with E-state index >= 15 is 0 Å². The van der Waals surface area contributed by atoms with Crippen molar-refractivity contribution in [2.75, 3.05) is 0 Å². The summed E-state index contributed by atoms with van der Waals surface area (Å²) in [5.41, 5.74) is 20.1. The average molecular weight is 1570 g/mol. The topological polar surface area (TPSA) is 302 Å². The Kier molecular flexibility index (Phi) is 20.2. The van der Waals surface area contributed by atoms with Crippen molar-refractivity contribution in [2.24, 2.45) is 0 Å². The highest BCUT2D eigenvalue weighted by atomic mass is 15.4. The normalized spacial score (nSPS) is 24.4. The van der Waals surface area contributed by atoms with E-state index in [-0.39, 0.29) is 47.3 Å². The van der Waals surface area contributed by atoms with E-state index in [9.17, 15) is 0 Å². The van der Waals surface area contributed by atoms with Gasteiger partial charge in [-0.05, 0) is 233 Å². The van der Waals surface area contributed by atoms with E-state index in [0.29, 0.717) is 0 Å². The Bertz CT molecular complexity index is 6050. The molecule has 8 bridgehead atoms. The molecule has 5 fully saturated rings. The molecule has 0 saturated carbocycles. The van der Waals surface area contributed by atoms with Crippen LogP contribution < -0.4 is 42.5 Å². The molecule has 16 unspecified atom stereocenters. The summed E-state index contributed by atoms with van der Waals surface area (Å²) in [7, 11) is 0. The van der Waals surface area contributed by atoms with E-state index < -0.39 is 49.3 Å². The van der Waals surface area contributed by atoms with Crippen LogP contribution in [-0.2, 0) is 0 Å². The molecule has 0 radical (unpaired) electrons. The molecule has 21 rings (SSSR count). The maximum Gasteiger partial charge on any atom is 0.0888 e. The van der Waals surface area contributed by atoms with Gasteiger partial charge in [0.25, 0.3) is 0 Å². The first-order valence-corrected chi connectivity index (χ1v) is 40.5. The van der Waals surface area contributed by atoms with Crippen LogP contribution in [0.15, 0.2) is 342 Å². The van der Waals surface area contributed by atoms with E-state index in [1.807, 2.05) is 245 Å². The zero-order valence-corrected chi connectivity index (χ0v) is 64.7. The lowest BCUT2D eigenvalue weighted by molar-refractivity contribution is 0.281. The van der Waals surface area contributed by atoms with Gasteiger partial charge in [-0.3, -0.25) is 122 Å². The number of fused-ring (bicyclic) bond motifs is 8. The molecule has 16 aromatic rings. The summed E-state index contributed by atoms with van der Waals surface area (Å²) < 4.78 is 0. The molecule has 16 atom stereocenters. The number of hydrogen-bond acceptors (Lipinski definition) is 24. The monoisotopic (exact) mass is 1570 g/mol. The van der Waals surface area contributed by atoms with Gasteiger partial charge in [-0.2, -0.15) is 0 Å². The molecule has 5 aliphatic heterocycles. The maximum absolute atomic E-state index is 5.34. The van der Waals surface area contributed by atoms with E-state index in [1.54, 1.807) is 0 Å². The largest absolute Gasteiger partial charge is 0.285 e. The van der Waals surface area contributed by atoms with Gasteiger partial charge in [0.2, 0.25) is 0 Å². The lowest BCUT2D eigenvalue weighted by Crippen LogP contribution is -2.61.